The van der Waals surface area contributed by atoms with Gasteiger partial charge in [-0.15, -0.1) is 0 Å². The highest BCUT2D eigenvalue weighted by molar-refractivity contribution is 5.99. The van der Waals surface area contributed by atoms with Gasteiger partial charge in [-0.3, -0.25) is 9.69 Å². The zero-order chi connectivity index (χ0) is 20.2. The van der Waals surface area contributed by atoms with Crippen LogP contribution in [0.3, 0.4) is 0 Å². The summed E-state index contributed by atoms with van der Waals surface area (Å²) in [6.45, 7) is 6.27. The number of piperazine rings is 1. The predicted molar refractivity (Wildman–Crippen MR) is 114 cm³/mol. The van der Waals surface area contributed by atoms with Crippen molar-refractivity contribution in [2.45, 2.75) is 19.8 Å². The molecule has 1 aromatic carbocycles. The molecule has 1 atom stereocenters. The Balaban J connectivity index is 1.51. The van der Waals surface area contributed by atoms with Crippen LogP contribution in [0.5, 0.6) is 0 Å². The Morgan fingerprint density at radius 3 is 2.59 bits per heavy atom. The third-order valence-electron chi connectivity index (χ3n) is 5.77. The van der Waals surface area contributed by atoms with Crippen LogP contribution in [0.4, 0.5) is 5.95 Å². The molecule has 1 saturated heterocycles. The Bertz CT molecular complexity index is 889. The fourth-order valence-electron chi connectivity index (χ4n) is 4.19. The fraction of sp³-hybridized carbons (Fsp3) is 0.435. The number of allylic oxidation sites excluding steroid dienone is 1. The van der Waals surface area contributed by atoms with E-state index in [1.54, 1.807) is 0 Å². The molecule has 1 aromatic heterocycles. The molecule has 1 aliphatic heterocycles. The van der Waals surface area contributed by atoms with E-state index in [-0.39, 0.29) is 18.3 Å². The van der Waals surface area contributed by atoms with E-state index in [9.17, 15) is 4.79 Å². The van der Waals surface area contributed by atoms with E-state index in [2.05, 4.69) is 39.1 Å². The average Bonchev–Trinajstić information content (AvgIpc) is 2.73. The van der Waals surface area contributed by atoms with Gasteiger partial charge in [0.15, 0.2) is 5.78 Å². The quantitative estimate of drug-likeness (QED) is 0.842. The molecule has 2 aromatic rings. The summed E-state index contributed by atoms with van der Waals surface area (Å²) < 4.78 is 0. The second-order valence-corrected chi connectivity index (χ2v) is 7.84. The number of Topliss-reactive ketones (excluding diaryl/α,β-unsaturated/α-hetero) is 1. The number of aryl methyl sites for hydroxylation is 1. The van der Waals surface area contributed by atoms with Crippen molar-refractivity contribution in [2.24, 2.45) is 5.92 Å². The van der Waals surface area contributed by atoms with Gasteiger partial charge in [0.05, 0.1) is 23.6 Å². The minimum Gasteiger partial charge on any atom is -0.395 e. The highest BCUT2D eigenvalue weighted by Gasteiger charge is 2.29. The van der Waals surface area contributed by atoms with Crippen LogP contribution >= 0.6 is 0 Å². The Morgan fingerprint density at radius 1 is 1.10 bits per heavy atom. The lowest BCUT2D eigenvalue weighted by Crippen LogP contribution is -2.48. The number of β-amino-alcohol motifs (C(OH)–C–C–N with tert-alkyl or cyclic N) is 1. The van der Waals surface area contributed by atoms with Gasteiger partial charge in [-0.25, -0.2) is 9.97 Å². The molecule has 152 valence electrons. The standard InChI is InChI=1S/C23H28N4O2/c1-17-22-20(25-23(24-17)27-11-9-26(10-12-27)13-14-28)15-19(16-21(22)29)8-7-18-5-3-2-4-6-18/h2-8,19,28H,9-16H2,1H3/b8-7+/t19-/m1/s1. The number of aliphatic hydroxyl groups excluding tert-OH is 1. The Labute approximate surface area is 171 Å². The van der Waals surface area contributed by atoms with Crippen molar-refractivity contribution in [3.05, 3.63) is 58.9 Å². The minimum absolute atomic E-state index is 0.144. The molecule has 6 nitrogen and oxygen atoms in total. The molecule has 2 aliphatic rings. The van der Waals surface area contributed by atoms with Gasteiger partial charge in [0.2, 0.25) is 5.95 Å². The molecule has 1 aliphatic carbocycles. The van der Waals surface area contributed by atoms with E-state index in [4.69, 9.17) is 10.1 Å². The maximum absolute atomic E-state index is 12.8. The third-order valence-corrected chi connectivity index (χ3v) is 5.77. The van der Waals surface area contributed by atoms with Crippen molar-refractivity contribution < 1.29 is 9.90 Å². The number of nitrogens with zero attached hydrogens (tertiary/aromatic N) is 4. The van der Waals surface area contributed by atoms with Crippen LogP contribution in [0.25, 0.3) is 6.08 Å². The summed E-state index contributed by atoms with van der Waals surface area (Å²) >= 11 is 0. The summed E-state index contributed by atoms with van der Waals surface area (Å²) in [7, 11) is 0. The van der Waals surface area contributed by atoms with E-state index in [0.717, 1.165) is 61.1 Å². The van der Waals surface area contributed by atoms with Crippen LogP contribution in [-0.4, -0.2) is 65.1 Å². The van der Waals surface area contributed by atoms with Crippen LogP contribution in [-0.2, 0) is 6.42 Å². The van der Waals surface area contributed by atoms with Gasteiger partial charge >= 0.3 is 0 Å². The van der Waals surface area contributed by atoms with Crippen molar-refractivity contribution in [1.82, 2.24) is 14.9 Å². The molecule has 0 amide bonds. The topological polar surface area (TPSA) is 69.6 Å². The van der Waals surface area contributed by atoms with Crippen LogP contribution in [0.1, 0.15) is 33.7 Å². The summed E-state index contributed by atoms with van der Waals surface area (Å²) in [6.07, 6.45) is 5.52. The first kappa shape index (κ1) is 19.7. The molecule has 1 fully saturated rings. The first-order valence-corrected chi connectivity index (χ1v) is 10.4. The minimum atomic E-state index is 0.144. The lowest BCUT2D eigenvalue weighted by Gasteiger charge is -2.35. The predicted octanol–water partition coefficient (Wildman–Crippen LogP) is 2.36. The summed E-state index contributed by atoms with van der Waals surface area (Å²) in [5, 5.41) is 9.12. The summed E-state index contributed by atoms with van der Waals surface area (Å²) in [6, 6.07) is 10.2. The number of hydrogen-bond donors (Lipinski definition) is 1. The van der Waals surface area contributed by atoms with Gasteiger partial charge in [0, 0.05) is 39.1 Å². The molecule has 4 rings (SSSR count). The van der Waals surface area contributed by atoms with Gasteiger partial charge in [0.1, 0.15) is 0 Å². The number of rotatable bonds is 5. The molecular formula is C23H28N4O2. The smallest absolute Gasteiger partial charge is 0.225 e. The summed E-state index contributed by atoms with van der Waals surface area (Å²) in [5.74, 6) is 1.04. The van der Waals surface area contributed by atoms with Crippen molar-refractivity contribution in [3.63, 3.8) is 0 Å². The zero-order valence-electron chi connectivity index (χ0n) is 16.9. The molecule has 0 spiro atoms. The van der Waals surface area contributed by atoms with Crippen LogP contribution in [0.15, 0.2) is 36.4 Å². The van der Waals surface area contributed by atoms with Gasteiger partial charge < -0.3 is 10.0 Å². The average molecular weight is 393 g/mol. The van der Waals surface area contributed by atoms with Crippen LogP contribution in [0.2, 0.25) is 0 Å². The maximum Gasteiger partial charge on any atom is 0.225 e. The number of aromatic nitrogens is 2. The van der Waals surface area contributed by atoms with Crippen molar-refractivity contribution in [1.29, 1.82) is 0 Å². The largest absolute Gasteiger partial charge is 0.395 e. The normalized spacial score (nSPS) is 20.3. The number of ketones is 1. The number of carbonyl (C=O) groups excluding carboxylic acids is 1. The fourth-order valence-corrected chi connectivity index (χ4v) is 4.19. The summed E-state index contributed by atoms with van der Waals surface area (Å²) in [5.41, 5.74) is 3.53. The first-order valence-electron chi connectivity index (χ1n) is 10.4. The third kappa shape index (κ3) is 4.54. The maximum atomic E-state index is 12.8. The molecular weight excluding hydrogens is 364 g/mol. The molecule has 2 heterocycles. The first-order chi connectivity index (χ1) is 14.1. The van der Waals surface area contributed by atoms with Crippen molar-refractivity contribution in [3.8, 4) is 0 Å². The SMILES string of the molecule is Cc1nc(N2CCN(CCO)CC2)nc2c1C(=O)C[C@H](/C=C/c1ccccc1)C2. The lowest BCUT2D eigenvalue weighted by atomic mass is 9.85. The Morgan fingerprint density at radius 2 is 1.86 bits per heavy atom. The molecule has 1 N–H and O–H groups in total. The zero-order valence-corrected chi connectivity index (χ0v) is 16.9. The van der Waals surface area contributed by atoms with Crippen molar-refractivity contribution in [2.75, 3.05) is 44.2 Å². The van der Waals surface area contributed by atoms with Crippen LogP contribution < -0.4 is 4.90 Å². The van der Waals surface area contributed by atoms with E-state index in [1.165, 1.54) is 0 Å². The number of anilines is 1. The van der Waals surface area contributed by atoms with E-state index in [0.29, 0.717) is 13.0 Å². The number of fused-ring (bicyclic) bond motifs is 1. The molecule has 0 bridgehead atoms. The molecule has 0 radical (unpaired) electrons. The number of hydrogen-bond acceptors (Lipinski definition) is 6. The second kappa shape index (κ2) is 8.84. The number of carbonyl (C=O) groups is 1. The van der Waals surface area contributed by atoms with Crippen LogP contribution in [0, 0.1) is 12.8 Å². The van der Waals surface area contributed by atoms with E-state index < -0.39 is 0 Å². The van der Waals surface area contributed by atoms with Gasteiger partial charge in [-0.05, 0) is 24.8 Å². The second-order valence-electron chi connectivity index (χ2n) is 7.84. The van der Waals surface area contributed by atoms with Gasteiger partial charge in [0.25, 0.3) is 0 Å². The molecule has 0 saturated carbocycles. The highest BCUT2D eigenvalue weighted by atomic mass is 16.3. The molecule has 0 unspecified atom stereocenters. The van der Waals surface area contributed by atoms with Gasteiger partial charge in [-0.1, -0.05) is 42.5 Å². The highest BCUT2D eigenvalue weighted by Crippen LogP contribution is 2.29. The molecule has 29 heavy (non-hydrogen) atoms. The summed E-state index contributed by atoms with van der Waals surface area (Å²) in [4.78, 5) is 26.7. The molecule has 6 heteroatoms. The Kier molecular flexibility index (Phi) is 6.02. The van der Waals surface area contributed by atoms with E-state index >= 15 is 0 Å². The van der Waals surface area contributed by atoms with E-state index in [1.807, 2.05) is 25.1 Å². The van der Waals surface area contributed by atoms with Gasteiger partial charge in [-0.2, -0.15) is 0 Å². The van der Waals surface area contributed by atoms with Crippen molar-refractivity contribution >= 4 is 17.8 Å². The monoisotopic (exact) mass is 392 g/mol. The number of aliphatic hydroxyl groups is 1. The lowest BCUT2D eigenvalue weighted by molar-refractivity contribution is 0.0956. The number of benzene rings is 1. The Hall–Kier alpha value is -2.57.